The lowest BCUT2D eigenvalue weighted by Crippen LogP contribution is -2.40. The van der Waals surface area contributed by atoms with Crippen molar-refractivity contribution in [2.75, 3.05) is 11.9 Å². The second kappa shape index (κ2) is 5.73. The highest BCUT2D eigenvalue weighted by atomic mass is 16.6. The zero-order valence-corrected chi connectivity index (χ0v) is 15.2. The molecule has 0 aromatic heterocycles. The molecule has 0 unspecified atom stereocenters. The van der Waals surface area contributed by atoms with Crippen LogP contribution in [-0.4, -0.2) is 34.1 Å². The molecule has 1 aromatic carbocycles. The summed E-state index contributed by atoms with van der Waals surface area (Å²) in [5.74, 6) is -0.474. The molecule has 1 heterocycles. The average molecular weight is 381 g/mol. The first kappa shape index (κ1) is 17.1. The predicted octanol–water partition coefficient (Wildman–Crippen LogP) is 1.89. The number of non-ortho nitro benzene ring substituents is 1. The van der Waals surface area contributed by atoms with Gasteiger partial charge in [0.05, 0.1) is 22.4 Å². The SMILES string of the molecule is Cc1ccc([N+](=O)[O-])cc1NC(=O)CN1C(=O)[C@@H]2[C@H]3C=C[C@@H]([C@@H]4C[C@H]34)[C@@H]2C1=O. The van der Waals surface area contributed by atoms with Crippen molar-refractivity contribution in [3.05, 3.63) is 46.0 Å². The molecule has 6 rings (SSSR count). The van der Waals surface area contributed by atoms with Gasteiger partial charge in [-0.1, -0.05) is 18.2 Å². The van der Waals surface area contributed by atoms with Gasteiger partial charge < -0.3 is 5.32 Å². The Bertz CT molecular complexity index is 935. The first-order chi connectivity index (χ1) is 13.4. The lowest BCUT2D eigenvalue weighted by molar-refractivity contribution is -0.384. The number of carbonyl (C=O) groups is 3. The van der Waals surface area contributed by atoms with Crippen LogP contribution in [-0.2, 0) is 14.4 Å². The zero-order chi connectivity index (χ0) is 19.7. The first-order valence-corrected chi connectivity index (χ1v) is 9.45. The Morgan fingerprint density at radius 3 is 2.36 bits per heavy atom. The summed E-state index contributed by atoms with van der Waals surface area (Å²) in [6.45, 7) is 1.36. The van der Waals surface area contributed by atoms with Gasteiger partial charge in [-0.05, 0) is 42.6 Å². The molecule has 1 N–H and O–H groups in total. The molecule has 8 heteroatoms. The van der Waals surface area contributed by atoms with Gasteiger partial charge in [0.2, 0.25) is 17.7 Å². The smallest absolute Gasteiger partial charge is 0.271 e. The molecule has 1 aliphatic heterocycles. The van der Waals surface area contributed by atoms with Crippen LogP contribution in [0.5, 0.6) is 0 Å². The Morgan fingerprint density at radius 2 is 1.79 bits per heavy atom. The maximum absolute atomic E-state index is 12.9. The van der Waals surface area contributed by atoms with Gasteiger partial charge in [-0.25, -0.2) is 0 Å². The number of rotatable bonds is 4. The maximum Gasteiger partial charge on any atom is 0.271 e. The van der Waals surface area contributed by atoms with E-state index in [2.05, 4.69) is 17.5 Å². The van der Waals surface area contributed by atoms with E-state index < -0.39 is 10.8 Å². The Morgan fingerprint density at radius 1 is 1.18 bits per heavy atom. The highest BCUT2D eigenvalue weighted by Gasteiger charge is 2.67. The van der Waals surface area contributed by atoms with E-state index in [1.807, 2.05) is 0 Å². The summed E-state index contributed by atoms with van der Waals surface area (Å²) in [6.07, 6.45) is 5.25. The van der Waals surface area contributed by atoms with E-state index in [1.165, 1.54) is 12.1 Å². The van der Waals surface area contributed by atoms with Crippen LogP contribution in [0.15, 0.2) is 30.4 Å². The molecule has 0 radical (unpaired) electrons. The molecule has 3 amide bonds. The van der Waals surface area contributed by atoms with Crippen LogP contribution < -0.4 is 5.32 Å². The van der Waals surface area contributed by atoms with E-state index >= 15 is 0 Å². The van der Waals surface area contributed by atoms with E-state index in [4.69, 9.17) is 0 Å². The third-order valence-corrected chi connectivity index (χ3v) is 6.76. The number of hydrogen-bond donors (Lipinski definition) is 1. The van der Waals surface area contributed by atoms with Crippen LogP contribution >= 0.6 is 0 Å². The second-order valence-corrected chi connectivity index (χ2v) is 8.22. The molecule has 2 saturated carbocycles. The number of aryl methyl sites for hydroxylation is 1. The third kappa shape index (κ3) is 2.33. The molecule has 28 heavy (non-hydrogen) atoms. The van der Waals surface area contributed by atoms with E-state index in [1.54, 1.807) is 13.0 Å². The lowest BCUT2D eigenvalue weighted by Gasteiger charge is -2.37. The Kier molecular flexibility index (Phi) is 3.50. The first-order valence-electron chi connectivity index (χ1n) is 9.45. The number of carbonyl (C=O) groups excluding carboxylic acids is 3. The van der Waals surface area contributed by atoms with Crippen LogP contribution in [0.2, 0.25) is 0 Å². The highest BCUT2D eigenvalue weighted by molar-refractivity contribution is 6.09. The van der Waals surface area contributed by atoms with Crippen LogP contribution in [0.1, 0.15) is 12.0 Å². The monoisotopic (exact) mass is 381 g/mol. The summed E-state index contributed by atoms with van der Waals surface area (Å²) in [6, 6.07) is 4.18. The second-order valence-electron chi connectivity index (χ2n) is 8.22. The van der Waals surface area contributed by atoms with Gasteiger partial charge in [0.1, 0.15) is 6.54 Å². The van der Waals surface area contributed by atoms with Crippen molar-refractivity contribution < 1.29 is 19.3 Å². The van der Waals surface area contributed by atoms with E-state index in [-0.39, 0.29) is 47.7 Å². The van der Waals surface area contributed by atoms with Gasteiger partial charge in [-0.3, -0.25) is 29.4 Å². The summed E-state index contributed by atoms with van der Waals surface area (Å²) in [4.78, 5) is 49.8. The molecule has 0 spiro atoms. The van der Waals surface area contributed by atoms with Crippen LogP contribution in [0.4, 0.5) is 11.4 Å². The molecule has 3 fully saturated rings. The van der Waals surface area contributed by atoms with Crippen molar-refractivity contribution in [1.29, 1.82) is 0 Å². The summed E-state index contributed by atoms with van der Waals surface area (Å²) < 4.78 is 0. The number of amides is 3. The summed E-state index contributed by atoms with van der Waals surface area (Å²) in [5.41, 5.74) is 0.829. The van der Waals surface area contributed by atoms with Crippen molar-refractivity contribution in [3.8, 4) is 0 Å². The Balaban J connectivity index is 1.33. The van der Waals surface area contributed by atoms with Gasteiger partial charge in [0, 0.05) is 12.1 Å². The number of nitro groups is 1. The largest absolute Gasteiger partial charge is 0.324 e. The number of imide groups is 1. The van der Waals surface area contributed by atoms with Gasteiger partial charge in [-0.2, -0.15) is 0 Å². The molecule has 1 saturated heterocycles. The molecule has 5 aliphatic rings. The number of nitrogens with zero attached hydrogens (tertiary/aromatic N) is 2. The molecular formula is C20H19N3O5. The lowest BCUT2D eigenvalue weighted by atomic mass is 9.63. The van der Waals surface area contributed by atoms with Crippen molar-refractivity contribution in [2.45, 2.75) is 13.3 Å². The minimum absolute atomic E-state index is 0.114. The summed E-state index contributed by atoms with van der Waals surface area (Å²) >= 11 is 0. The van der Waals surface area contributed by atoms with Crippen molar-refractivity contribution in [3.63, 3.8) is 0 Å². The highest BCUT2D eigenvalue weighted by Crippen LogP contribution is 2.65. The molecular weight excluding hydrogens is 362 g/mol. The summed E-state index contributed by atoms with van der Waals surface area (Å²) in [5, 5.41) is 13.6. The molecule has 144 valence electrons. The molecule has 4 aliphatic carbocycles. The van der Waals surface area contributed by atoms with Crippen LogP contribution in [0, 0.1) is 52.5 Å². The fraction of sp³-hybridized carbons (Fsp3) is 0.450. The third-order valence-electron chi connectivity index (χ3n) is 6.76. The quantitative estimate of drug-likeness (QED) is 0.371. The molecule has 2 bridgehead atoms. The fourth-order valence-corrected chi connectivity index (χ4v) is 5.37. The number of allylic oxidation sites excluding steroid dienone is 2. The normalized spacial score (nSPS) is 34.2. The number of benzene rings is 1. The molecule has 6 atom stereocenters. The van der Waals surface area contributed by atoms with Gasteiger partial charge in [0.25, 0.3) is 5.69 Å². The van der Waals surface area contributed by atoms with Crippen molar-refractivity contribution in [1.82, 2.24) is 4.90 Å². The number of likely N-dealkylation sites (tertiary alicyclic amines) is 1. The van der Waals surface area contributed by atoms with Crippen molar-refractivity contribution >= 4 is 29.1 Å². The fourth-order valence-electron chi connectivity index (χ4n) is 5.37. The van der Waals surface area contributed by atoms with Gasteiger partial charge in [0.15, 0.2) is 0 Å². The number of anilines is 1. The maximum atomic E-state index is 12.9. The minimum atomic E-state index is -0.540. The summed E-state index contributed by atoms with van der Waals surface area (Å²) in [7, 11) is 0. The van der Waals surface area contributed by atoms with Gasteiger partial charge >= 0.3 is 0 Å². The Labute approximate surface area is 160 Å². The Hall–Kier alpha value is -3.03. The average Bonchev–Trinajstić information content (AvgIpc) is 3.44. The number of nitro benzene ring substituents is 1. The van der Waals surface area contributed by atoms with Crippen LogP contribution in [0.25, 0.3) is 0 Å². The predicted molar refractivity (Wildman–Crippen MR) is 97.9 cm³/mol. The van der Waals surface area contributed by atoms with E-state index in [0.29, 0.717) is 23.1 Å². The standard InChI is InChI=1S/C20H19N3O5/c1-9-2-3-10(23(27)28)6-15(9)21-16(24)8-22-19(25)17-11-4-5-12(14-7-13(11)14)18(17)20(22)26/h2-6,11-14,17-18H,7-8H2,1H3,(H,21,24)/t11-,12-,13-,14+,17-,18+/m0/s1. The van der Waals surface area contributed by atoms with Gasteiger partial charge in [-0.15, -0.1) is 0 Å². The number of hydrogen-bond acceptors (Lipinski definition) is 5. The molecule has 1 aromatic rings. The van der Waals surface area contributed by atoms with Crippen molar-refractivity contribution in [2.24, 2.45) is 35.5 Å². The number of nitrogens with one attached hydrogen (secondary N) is 1. The molecule has 8 nitrogen and oxygen atoms in total. The topological polar surface area (TPSA) is 110 Å². The zero-order valence-electron chi connectivity index (χ0n) is 15.2. The van der Waals surface area contributed by atoms with E-state index in [9.17, 15) is 24.5 Å². The minimum Gasteiger partial charge on any atom is -0.324 e. The van der Waals surface area contributed by atoms with Crippen LogP contribution in [0.3, 0.4) is 0 Å². The van der Waals surface area contributed by atoms with E-state index in [0.717, 1.165) is 11.3 Å².